The largest absolute Gasteiger partial charge is 0.496 e. The second-order valence-corrected chi connectivity index (χ2v) is 9.88. The Morgan fingerprint density at radius 2 is 2.11 bits per heavy atom. The van der Waals surface area contributed by atoms with Crippen LogP contribution >= 0.6 is 23.1 Å². The summed E-state index contributed by atoms with van der Waals surface area (Å²) >= 11 is 3.37. The zero-order chi connectivity index (χ0) is 19.7. The van der Waals surface area contributed by atoms with Gasteiger partial charge in [-0.3, -0.25) is 9.59 Å². The molecule has 0 unspecified atom stereocenters. The molecular formula is C21H24N2O3S2. The number of ether oxygens (including phenoxy) is 1. The van der Waals surface area contributed by atoms with Gasteiger partial charge in [0.15, 0.2) is 0 Å². The van der Waals surface area contributed by atoms with Crippen molar-refractivity contribution in [1.29, 1.82) is 0 Å². The predicted octanol–water partition coefficient (Wildman–Crippen LogP) is 3.74. The Labute approximate surface area is 173 Å². The first-order chi connectivity index (χ1) is 13.5. The first-order valence-electron chi connectivity index (χ1n) is 9.41. The summed E-state index contributed by atoms with van der Waals surface area (Å²) in [6.07, 6.45) is 1.35. The number of rotatable bonds is 6. The van der Waals surface area contributed by atoms with Crippen LogP contribution in [0.4, 0.5) is 0 Å². The topological polar surface area (TPSA) is 49.9 Å². The van der Waals surface area contributed by atoms with Crippen LogP contribution in [0.5, 0.6) is 5.75 Å². The number of carbonyl (C=O) groups excluding carboxylic acids is 2. The van der Waals surface area contributed by atoms with Crippen molar-refractivity contribution >= 4 is 34.9 Å². The zero-order valence-electron chi connectivity index (χ0n) is 16.1. The number of methoxy groups -OCH3 is 1. The van der Waals surface area contributed by atoms with E-state index in [1.54, 1.807) is 30.2 Å². The van der Waals surface area contributed by atoms with E-state index >= 15 is 0 Å². The van der Waals surface area contributed by atoms with E-state index in [-0.39, 0.29) is 22.7 Å². The van der Waals surface area contributed by atoms with E-state index in [0.717, 1.165) is 22.6 Å². The summed E-state index contributed by atoms with van der Waals surface area (Å²) in [6, 6.07) is 11.4. The highest BCUT2D eigenvalue weighted by molar-refractivity contribution is 8.01. The minimum atomic E-state index is -0.389. The molecule has 2 atom stereocenters. The molecule has 4 rings (SSSR count). The van der Waals surface area contributed by atoms with Crippen LogP contribution in [0.1, 0.15) is 30.2 Å². The van der Waals surface area contributed by atoms with Crippen molar-refractivity contribution in [1.82, 2.24) is 9.80 Å². The lowest BCUT2D eigenvalue weighted by Gasteiger charge is -2.33. The maximum Gasteiger partial charge on any atom is 0.246 e. The van der Waals surface area contributed by atoms with Crippen LogP contribution in [0.15, 0.2) is 41.8 Å². The average molecular weight is 417 g/mol. The number of hydrogen-bond donors (Lipinski definition) is 0. The molecule has 0 aliphatic carbocycles. The molecule has 2 aromatic rings. The fraction of sp³-hybridized carbons (Fsp3) is 0.429. The van der Waals surface area contributed by atoms with Gasteiger partial charge in [0.1, 0.15) is 11.8 Å². The normalized spacial score (nSPS) is 23.7. The van der Waals surface area contributed by atoms with Crippen LogP contribution in [0.2, 0.25) is 0 Å². The number of carbonyl (C=O) groups is 2. The number of fused-ring (bicyclic) bond motifs is 1. The second kappa shape index (κ2) is 7.79. The Morgan fingerprint density at radius 1 is 1.29 bits per heavy atom. The molecule has 1 aromatic heterocycles. The number of nitrogens with zero attached hydrogens (tertiary/aromatic N) is 2. The van der Waals surface area contributed by atoms with E-state index in [1.165, 1.54) is 0 Å². The monoisotopic (exact) mass is 416 g/mol. The first kappa shape index (κ1) is 19.3. The average Bonchev–Trinajstić information content (AvgIpc) is 3.39. The number of thiophene rings is 1. The molecule has 0 saturated carbocycles. The van der Waals surface area contributed by atoms with Crippen molar-refractivity contribution in [2.24, 2.45) is 0 Å². The highest BCUT2D eigenvalue weighted by Crippen LogP contribution is 2.47. The Kier molecular flexibility index (Phi) is 5.38. The number of para-hydroxylation sites is 1. The molecule has 5 nitrogen and oxygen atoms in total. The summed E-state index contributed by atoms with van der Waals surface area (Å²) in [6.45, 7) is 3.08. The van der Waals surface area contributed by atoms with Gasteiger partial charge in [0.2, 0.25) is 11.8 Å². The molecule has 3 heterocycles. The minimum absolute atomic E-state index is 0.0192. The molecule has 148 valence electrons. The maximum absolute atomic E-state index is 13.6. The van der Waals surface area contributed by atoms with Gasteiger partial charge in [-0.25, -0.2) is 0 Å². The van der Waals surface area contributed by atoms with E-state index < -0.39 is 0 Å². The summed E-state index contributed by atoms with van der Waals surface area (Å²) in [4.78, 5) is 30.7. The van der Waals surface area contributed by atoms with Gasteiger partial charge < -0.3 is 14.5 Å². The molecule has 2 amide bonds. The van der Waals surface area contributed by atoms with Crippen molar-refractivity contribution in [2.75, 3.05) is 12.9 Å². The fourth-order valence-electron chi connectivity index (χ4n) is 4.06. The first-order valence-corrected chi connectivity index (χ1v) is 11.3. The quantitative estimate of drug-likeness (QED) is 0.720. The Balaban J connectivity index is 1.61. The van der Waals surface area contributed by atoms with Crippen LogP contribution in [-0.4, -0.2) is 45.4 Å². The molecule has 28 heavy (non-hydrogen) atoms. The van der Waals surface area contributed by atoms with Crippen LogP contribution in [0.3, 0.4) is 0 Å². The van der Waals surface area contributed by atoms with Gasteiger partial charge in [0.25, 0.3) is 0 Å². The van der Waals surface area contributed by atoms with Crippen molar-refractivity contribution in [3.63, 3.8) is 0 Å². The van der Waals surface area contributed by atoms with Crippen molar-refractivity contribution in [2.45, 2.75) is 43.8 Å². The number of amides is 2. The molecule has 2 fully saturated rings. The molecule has 0 spiro atoms. The smallest absolute Gasteiger partial charge is 0.246 e. The van der Waals surface area contributed by atoms with E-state index in [9.17, 15) is 9.59 Å². The summed E-state index contributed by atoms with van der Waals surface area (Å²) in [5.74, 6) is 1.55. The second-order valence-electron chi connectivity index (χ2n) is 7.35. The lowest BCUT2D eigenvalue weighted by molar-refractivity contribution is -0.144. The minimum Gasteiger partial charge on any atom is -0.496 e. The number of thioether (sulfide) groups is 1. The van der Waals surface area contributed by atoms with Gasteiger partial charge in [-0.15, -0.1) is 23.1 Å². The fourth-order valence-corrected chi connectivity index (χ4v) is 6.20. The van der Waals surface area contributed by atoms with Gasteiger partial charge in [-0.1, -0.05) is 24.3 Å². The molecule has 2 saturated heterocycles. The molecule has 2 aliphatic heterocycles. The zero-order valence-corrected chi connectivity index (χ0v) is 17.7. The third-order valence-corrected chi connectivity index (χ3v) is 7.89. The third kappa shape index (κ3) is 3.53. The SMILES string of the molecule is COc1ccccc1CN(Cc1cccs1)C(=O)[C@@H]1CS[C@]2(C)CCC(=O)N12. The summed E-state index contributed by atoms with van der Waals surface area (Å²) in [7, 11) is 1.65. The molecule has 7 heteroatoms. The van der Waals surface area contributed by atoms with E-state index in [4.69, 9.17) is 4.74 Å². The van der Waals surface area contributed by atoms with Gasteiger partial charge in [-0.2, -0.15) is 0 Å². The van der Waals surface area contributed by atoms with Gasteiger partial charge in [0.05, 0.1) is 18.5 Å². The molecule has 1 aromatic carbocycles. The lowest BCUT2D eigenvalue weighted by atomic mass is 10.1. The Hall–Kier alpha value is -1.99. The van der Waals surface area contributed by atoms with Gasteiger partial charge in [-0.05, 0) is 30.9 Å². The van der Waals surface area contributed by atoms with Gasteiger partial charge in [0, 0.05) is 29.2 Å². The van der Waals surface area contributed by atoms with Crippen molar-refractivity contribution in [3.05, 3.63) is 52.2 Å². The Morgan fingerprint density at radius 3 is 2.86 bits per heavy atom. The molecular weight excluding hydrogens is 392 g/mol. The van der Waals surface area contributed by atoms with E-state index in [0.29, 0.717) is 25.3 Å². The van der Waals surface area contributed by atoms with E-state index in [2.05, 4.69) is 6.92 Å². The number of hydrogen-bond acceptors (Lipinski definition) is 5. The van der Waals surface area contributed by atoms with Crippen LogP contribution in [0, 0.1) is 0 Å². The highest BCUT2D eigenvalue weighted by Gasteiger charge is 2.53. The number of benzene rings is 1. The molecule has 2 aliphatic rings. The molecule has 0 bridgehead atoms. The van der Waals surface area contributed by atoms with Crippen LogP contribution in [0.25, 0.3) is 0 Å². The maximum atomic E-state index is 13.6. The van der Waals surface area contributed by atoms with Crippen LogP contribution < -0.4 is 4.74 Å². The molecule has 0 N–H and O–H groups in total. The van der Waals surface area contributed by atoms with E-state index in [1.807, 2.05) is 51.6 Å². The van der Waals surface area contributed by atoms with Crippen molar-refractivity contribution in [3.8, 4) is 5.75 Å². The Bertz CT molecular complexity index is 870. The standard InChI is InChI=1S/C21H24N2O3S2/c1-21-10-9-19(24)23(21)17(14-28-21)20(25)22(13-16-7-5-11-27-16)12-15-6-3-4-8-18(15)26-2/h3-8,11,17H,9-10,12-14H2,1-2H3/t17-,21+/m0/s1. The van der Waals surface area contributed by atoms with Crippen molar-refractivity contribution < 1.29 is 14.3 Å². The predicted molar refractivity (Wildman–Crippen MR) is 112 cm³/mol. The lowest BCUT2D eigenvalue weighted by Crippen LogP contribution is -2.51. The van der Waals surface area contributed by atoms with Gasteiger partial charge >= 0.3 is 0 Å². The van der Waals surface area contributed by atoms with Crippen LogP contribution in [-0.2, 0) is 22.7 Å². The molecule has 0 radical (unpaired) electrons. The summed E-state index contributed by atoms with van der Waals surface area (Å²) in [5.41, 5.74) is 0.969. The highest BCUT2D eigenvalue weighted by atomic mass is 32.2. The summed E-state index contributed by atoms with van der Waals surface area (Å²) < 4.78 is 5.49. The third-order valence-electron chi connectivity index (χ3n) is 5.52. The summed E-state index contributed by atoms with van der Waals surface area (Å²) in [5, 5.41) is 2.02.